The highest BCUT2D eigenvalue weighted by Crippen LogP contribution is 2.34. The molecule has 32 heavy (non-hydrogen) atoms. The molecule has 168 valence electrons. The molecule has 3 amide bonds. The molecule has 0 atom stereocenters. The van der Waals surface area contributed by atoms with E-state index in [0.29, 0.717) is 12.4 Å². The molecular formula is C25H31N5O2. The van der Waals surface area contributed by atoms with Gasteiger partial charge in [0.25, 0.3) is 0 Å². The van der Waals surface area contributed by atoms with E-state index in [-0.39, 0.29) is 18.5 Å². The molecule has 0 unspecified atom stereocenters. The number of amides is 3. The molecule has 0 aliphatic carbocycles. The number of rotatable bonds is 7. The van der Waals surface area contributed by atoms with E-state index in [1.165, 1.54) is 4.90 Å². The van der Waals surface area contributed by atoms with Crippen LogP contribution in [0.15, 0.2) is 54.6 Å². The number of nitrogens with one attached hydrogen (secondary N) is 1. The Morgan fingerprint density at radius 3 is 2.28 bits per heavy atom. The van der Waals surface area contributed by atoms with Gasteiger partial charge in [-0.15, -0.1) is 0 Å². The SMILES string of the molecule is CCCN(CC(=O)Nc1c(-c2ccccc2)c(C)nn1-c1ccccc1C)C(=O)N(C)C. The van der Waals surface area contributed by atoms with Gasteiger partial charge in [-0.25, -0.2) is 9.48 Å². The highest BCUT2D eigenvalue weighted by Gasteiger charge is 2.23. The van der Waals surface area contributed by atoms with Crippen molar-refractivity contribution in [3.05, 3.63) is 65.9 Å². The van der Waals surface area contributed by atoms with Crippen molar-refractivity contribution in [3.8, 4) is 16.8 Å². The van der Waals surface area contributed by atoms with Gasteiger partial charge in [-0.2, -0.15) is 5.10 Å². The summed E-state index contributed by atoms with van der Waals surface area (Å²) >= 11 is 0. The molecule has 0 aliphatic rings. The van der Waals surface area contributed by atoms with Gasteiger partial charge >= 0.3 is 6.03 Å². The Hall–Kier alpha value is -3.61. The first-order valence-electron chi connectivity index (χ1n) is 10.8. The van der Waals surface area contributed by atoms with E-state index in [1.54, 1.807) is 23.7 Å². The summed E-state index contributed by atoms with van der Waals surface area (Å²) in [6.45, 7) is 6.41. The number of aryl methyl sites for hydroxylation is 2. The van der Waals surface area contributed by atoms with Gasteiger partial charge in [0.2, 0.25) is 5.91 Å². The van der Waals surface area contributed by atoms with E-state index in [1.807, 2.05) is 75.4 Å². The van der Waals surface area contributed by atoms with Crippen molar-refractivity contribution in [1.29, 1.82) is 0 Å². The van der Waals surface area contributed by atoms with E-state index in [4.69, 9.17) is 5.10 Å². The van der Waals surface area contributed by atoms with Gasteiger partial charge in [-0.1, -0.05) is 55.5 Å². The number of anilines is 1. The minimum atomic E-state index is -0.263. The van der Waals surface area contributed by atoms with Gasteiger partial charge in [0, 0.05) is 26.2 Å². The number of hydrogen-bond acceptors (Lipinski definition) is 3. The molecule has 0 aliphatic heterocycles. The molecule has 2 aromatic carbocycles. The minimum Gasteiger partial charge on any atom is -0.331 e. The average Bonchev–Trinajstić information content (AvgIpc) is 3.09. The molecule has 1 N–H and O–H groups in total. The summed E-state index contributed by atoms with van der Waals surface area (Å²) in [5.74, 6) is 0.335. The molecule has 0 bridgehead atoms. The van der Waals surface area contributed by atoms with Gasteiger partial charge in [0.05, 0.1) is 11.4 Å². The number of nitrogens with zero attached hydrogens (tertiary/aromatic N) is 4. The summed E-state index contributed by atoms with van der Waals surface area (Å²) < 4.78 is 1.78. The number of carbonyl (C=O) groups excluding carboxylic acids is 2. The van der Waals surface area contributed by atoms with Crippen LogP contribution in [0.1, 0.15) is 24.6 Å². The van der Waals surface area contributed by atoms with E-state index in [9.17, 15) is 9.59 Å². The Kier molecular flexibility index (Phi) is 7.30. The zero-order valence-corrected chi connectivity index (χ0v) is 19.4. The number of carbonyl (C=O) groups is 2. The number of hydrogen-bond donors (Lipinski definition) is 1. The monoisotopic (exact) mass is 433 g/mol. The van der Waals surface area contributed by atoms with Gasteiger partial charge in [0.15, 0.2) is 0 Å². The summed E-state index contributed by atoms with van der Waals surface area (Å²) in [4.78, 5) is 28.7. The number of para-hydroxylation sites is 1. The van der Waals surface area contributed by atoms with Crippen molar-refractivity contribution in [2.45, 2.75) is 27.2 Å². The maximum atomic E-state index is 13.1. The number of aromatic nitrogens is 2. The average molecular weight is 434 g/mol. The lowest BCUT2D eigenvalue weighted by molar-refractivity contribution is -0.116. The highest BCUT2D eigenvalue weighted by atomic mass is 16.2. The van der Waals surface area contributed by atoms with Crippen LogP contribution < -0.4 is 5.32 Å². The highest BCUT2D eigenvalue weighted by molar-refractivity contribution is 5.97. The topological polar surface area (TPSA) is 70.5 Å². The summed E-state index contributed by atoms with van der Waals surface area (Å²) in [5.41, 5.74) is 4.58. The Labute approximate surface area is 189 Å². The van der Waals surface area contributed by atoms with Crippen LogP contribution in [0.4, 0.5) is 10.6 Å². The summed E-state index contributed by atoms with van der Waals surface area (Å²) in [6.07, 6.45) is 0.766. The van der Waals surface area contributed by atoms with E-state index in [0.717, 1.165) is 34.5 Å². The second-order valence-corrected chi connectivity index (χ2v) is 8.02. The van der Waals surface area contributed by atoms with Crippen molar-refractivity contribution >= 4 is 17.8 Å². The molecule has 3 rings (SSSR count). The van der Waals surface area contributed by atoms with Crippen molar-refractivity contribution < 1.29 is 9.59 Å². The van der Waals surface area contributed by atoms with Crippen molar-refractivity contribution in [1.82, 2.24) is 19.6 Å². The molecule has 7 heteroatoms. The van der Waals surface area contributed by atoms with Crippen molar-refractivity contribution in [3.63, 3.8) is 0 Å². The Balaban J connectivity index is 2.03. The molecule has 7 nitrogen and oxygen atoms in total. The van der Waals surface area contributed by atoms with Crippen LogP contribution in [0.5, 0.6) is 0 Å². The van der Waals surface area contributed by atoms with Crippen LogP contribution in [-0.2, 0) is 4.79 Å². The van der Waals surface area contributed by atoms with Crippen LogP contribution in [0.3, 0.4) is 0 Å². The van der Waals surface area contributed by atoms with Gasteiger partial charge < -0.3 is 15.1 Å². The maximum Gasteiger partial charge on any atom is 0.319 e. The molecule has 0 saturated carbocycles. The third-order valence-electron chi connectivity index (χ3n) is 5.21. The molecule has 1 heterocycles. The number of urea groups is 1. The first kappa shape index (κ1) is 23.1. The van der Waals surface area contributed by atoms with Crippen LogP contribution >= 0.6 is 0 Å². The summed E-state index contributed by atoms with van der Waals surface area (Å²) in [5, 5.41) is 7.82. The lowest BCUT2D eigenvalue weighted by Gasteiger charge is -2.25. The molecule has 0 fully saturated rings. The number of benzene rings is 2. The van der Waals surface area contributed by atoms with Crippen LogP contribution in [0.2, 0.25) is 0 Å². The summed E-state index contributed by atoms with van der Waals surface area (Å²) in [7, 11) is 3.38. The fraction of sp³-hybridized carbons (Fsp3) is 0.320. The largest absolute Gasteiger partial charge is 0.331 e. The minimum absolute atomic E-state index is 0.0307. The molecule has 0 radical (unpaired) electrons. The van der Waals surface area contributed by atoms with Gasteiger partial charge in [-0.3, -0.25) is 4.79 Å². The smallest absolute Gasteiger partial charge is 0.319 e. The van der Waals surface area contributed by atoms with E-state index < -0.39 is 0 Å². The molecule has 0 spiro atoms. The van der Waals surface area contributed by atoms with Crippen LogP contribution in [-0.4, -0.2) is 58.7 Å². The molecule has 1 aromatic heterocycles. The maximum absolute atomic E-state index is 13.1. The van der Waals surface area contributed by atoms with E-state index >= 15 is 0 Å². The second kappa shape index (κ2) is 10.1. The third-order valence-corrected chi connectivity index (χ3v) is 5.21. The van der Waals surface area contributed by atoms with Gasteiger partial charge in [0.1, 0.15) is 12.4 Å². The third kappa shape index (κ3) is 4.99. The predicted molar refractivity (Wildman–Crippen MR) is 128 cm³/mol. The zero-order valence-electron chi connectivity index (χ0n) is 19.4. The molecule has 0 saturated heterocycles. The lowest BCUT2D eigenvalue weighted by Crippen LogP contribution is -2.44. The van der Waals surface area contributed by atoms with Crippen molar-refractivity contribution in [2.75, 3.05) is 32.5 Å². The normalized spacial score (nSPS) is 10.7. The molecular weight excluding hydrogens is 402 g/mol. The zero-order chi connectivity index (χ0) is 23.3. The van der Waals surface area contributed by atoms with Crippen LogP contribution in [0, 0.1) is 13.8 Å². The van der Waals surface area contributed by atoms with Crippen molar-refractivity contribution in [2.24, 2.45) is 0 Å². The quantitative estimate of drug-likeness (QED) is 0.597. The fourth-order valence-electron chi connectivity index (χ4n) is 3.71. The predicted octanol–water partition coefficient (Wildman–Crippen LogP) is 4.49. The van der Waals surface area contributed by atoms with Gasteiger partial charge in [-0.05, 0) is 37.5 Å². The first-order valence-corrected chi connectivity index (χ1v) is 10.8. The Bertz CT molecular complexity index is 1090. The standard InChI is InChI=1S/C25H31N5O2/c1-6-16-29(25(32)28(4)5)17-22(31)26-24-23(20-13-8-7-9-14-20)19(3)27-30(24)21-15-11-10-12-18(21)2/h7-15H,6,16-17H2,1-5H3,(H,26,31). The Morgan fingerprint density at radius 1 is 1.00 bits per heavy atom. The first-order chi connectivity index (χ1) is 15.3. The second-order valence-electron chi connectivity index (χ2n) is 8.02. The molecule has 3 aromatic rings. The summed E-state index contributed by atoms with van der Waals surface area (Å²) in [6, 6.07) is 17.6. The fourth-order valence-corrected chi connectivity index (χ4v) is 3.71. The van der Waals surface area contributed by atoms with E-state index in [2.05, 4.69) is 5.32 Å². The lowest BCUT2D eigenvalue weighted by atomic mass is 10.1. The van der Waals surface area contributed by atoms with Crippen LogP contribution in [0.25, 0.3) is 16.8 Å². The Morgan fingerprint density at radius 2 is 1.66 bits per heavy atom.